The summed E-state index contributed by atoms with van der Waals surface area (Å²) in [6.45, 7) is 0. The molecule has 2 rings (SSSR count). The molecule has 1 unspecified atom stereocenters. The zero-order chi connectivity index (χ0) is 15.9. The number of nitrogens with one attached hydrogen (secondary N) is 1. The third-order valence-electron chi connectivity index (χ3n) is 3.18. The molecule has 6 heteroatoms. The van der Waals surface area contributed by atoms with Crippen LogP contribution in [0.25, 0.3) is 0 Å². The first-order chi connectivity index (χ1) is 10.6. The Labute approximate surface area is 129 Å². The fraction of sp³-hybridized carbons (Fsp3) is 0.188. The highest BCUT2D eigenvalue weighted by Gasteiger charge is 2.26. The van der Waals surface area contributed by atoms with Gasteiger partial charge in [-0.25, -0.2) is 4.39 Å². The SMILES string of the molecule is O=C(N[C@H](Cc1ccccc1)P(O)O)C(F)c1ccccc1. The van der Waals surface area contributed by atoms with Gasteiger partial charge in [-0.2, -0.15) is 0 Å². The Morgan fingerprint density at radius 2 is 1.59 bits per heavy atom. The highest BCUT2D eigenvalue weighted by Crippen LogP contribution is 2.32. The zero-order valence-corrected chi connectivity index (χ0v) is 12.7. The van der Waals surface area contributed by atoms with Crippen LogP contribution < -0.4 is 5.32 Å². The molecule has 4 nitrogen and oxygen atoms in total. The van der Waals surface area contributed by atoms with Crippen LogP contribution in [0.15, 0.2) is 60.7 Å². The third-order valence-corrected chi connectivity index (χ3v) is 4.05. The summed E-state index contributed by atoms with van der Waals surface area (Å²) < 4.78 is 14.1. The second kappa shape index (κ2) is 7.99. The van der Waals surface area contributed by atoms with E-state index in [1.54, 1.807) is 18.2 Å². The number of hydrogen-bond acceptors (Lipinski definition) is 3. The van der Waals surface area contributed by atoms with Crippen molar-refractivity contribution in [1.29, 1.82) is 0 Å². The molecule has 0 saturated carbocycles. The fourth-order valence-corrected chi connectivity index (χ4v) is 2.66. The van der Waals surface area contributed by atoms with Crippen molar-refractivity contribution in [1.82, 2.24) is 5.32 Å². The van der Waals surface area contributed by atoms with Crippen LogP contribution in [0.5, 0.6) is 0 Å². The smallest absolute Gasteiger partial charge is 0.259 e. The van der Waals surface area contributed by atoms with E-state index >= 15 is 0 Å². The molecule has 0 saturated heterocycles. The van der Waals surface area contributed by atoms with Crippen LogP contribution in [0.1, 0.15) is 17.3 Å². The molecular weight excluding hydrogens is 304 g/mol. The van der Waals surface area contributed by atoms with Gasteiger partial charge in [0, 0.05) is 6.42 Å². The van der Waals surface area contributed by atoms with E-state index in [0.717, 1.165) is 5.56 Å². The number of hydrogen-bond donors (Lipinski definition) is 3. The maximum Gasteiger partial charge on any atom is 0.259 e. The monoisotopic (exact) mass is 321 g/mol. The first-order valence-electron chi connectivity index (χ1n) is 6.78. The van der Waals surface area contributed by atoms with Crippen LogP contribution in [-0.2, 0) is 11.2 Å². The Morgan fingerprint density at radius 3 is 2.14 bits per heavy atom. The fourth-order valence-electron chi connectivity index (χ4n) is 2.04. The van der Waals surface area contributed by atoms with E-state index in [9.17, 15) is 19.0 Å². The first-order valence-corrected chi connectivity index (χ1v) is 8.10. The van der Waals surface area contributed by atoms with E-state index in [-0.39, 0.29) is 12.0 Å². The summed E-state index contributed by atoms with van der Waals surface area (Å²) in [5, 5.41) is 2.38. The van der Waals surface area contributed by atoms with E-state index in [2.05, 4.69) is 5.32 Å². The average Bonchev–Trinajstić information content (AvgIpc) is 2.55. The Morgan fingerprint density at radius 1 is 1.05 bits per heavy atom. The molecule has 0 aliphatic carbocycles. The number of halogens is 1. The standard InChI is InChI=1S/C16H17FNO3P/c17-15(13-9-5-2-6-10-13)16(19)18-14(22(20)21)11-12-7-3-1-4-8-12/h1-10,14-15,20-21H,11H2,(H,18,19)/t14-,15?/m0/s1. The van der Waals surface area contributed by atoms with Crippen LogP contribution in [0.4, 0.5) is 4.39 Å². The predicted molar refractivity (Wildman–Crippen MR) is 83.7 cm³/mol. The number of benzene rings is 2. The number of carbonyl (C=O) groups is 1. The lowest BCUT2D eigenvalue weighted by molar-refractivity contribution is -0.126. The van der Waals surface area contributed by atoms with E-state index in [4.69, 9.17) is 0 Å². The molecular formula is C16H17FNO3P. The first kappa shape index (κ1) is 16.6. The van der Waals surface area contributed by atoms with E-state index in [1.807, 2.05) is 30.3 Å². The number of alkyl halides is 1. The van der Waals surface area contributed by atoms with E-state index < -0.39 is 26.2 Å². The van der Waals surface area contributed by atoms with Gasteiger partial charge < -0.3 is 15.1 Å². The zero-order valence-electron chi connectivity index (χ0n) is 11.8. The van der Waals surface area contributed by atoms with Crippen molar-refractivity contribution in [2.24, 2.45) is 0 Å². The topological polar surface area (TPSA) is 69.6 Å². The van der Waals surface area contributed by atoms with Gasteiger partial charge in [0.1, 0.15) is 5.78 Å². The van der Waals surface area contributed by atoms with Crippen LogP contribution >= 0.6 is 8.38 Å². The van der Waals surface area contributed by atoms with Crippen LogP contribution in [0.3, 0.4) is 0 Å². The number of amides is 1. The van der Waals surface area contributed by atoms with Crippen molar-refractivity contribution in [2.75, 3.05) is 0 Å². The van der Waals surface area contributed by atoms with Gasteiger partial charge in [-0.15, -0.1) is 0 Å². The van der Waals surface area contributed by atoms with Crippen LogP contribution in [0.2, 0.25) is 0 Å². The molecule has 0 spiro atoms. The van der Waals surface area contributed by atoms with Gasteiger partial charge in [0.15, 0.2) is 8.38 Å². The minimum atomic E-state index is -2.41. The maximum absolute atomic E-state index is 14.1. The molecule has 0 aromatic heterocycles. The predicted octanol–water partition coefficient (Wildman–Crippen LogP) is 2.68. The summed E-state index contributed by atoms with van der Waals surface area (Å²) in [4.78, 5) is 30.9. The van der Waals surface area contributed by atoms with Crippen molar-refractivity contribution >= 4 is 14.3 Å². The molecule has 0 heterocycles. The maximum atomic E-state index is 14.1. The highest BCUT2D eigenvalue weighted by atomic mass is 31.2. The van der Waals surface area contributed by atoms with E-state index in [0.29, 0.717) is 0 Å². The van der Waals surface area contributed by atoms with Gasteiger partial charge in [-0.3, -0.25) is 4.79 Å². The number of rotatable bonds is 6. The van der Waals surface area contributed by atoms with Crippen molar-refractivity contribution in [3.05, 3.63) is 71.8 Å². The lowest BCUT2D eigenvalue weighted by Gasteiger charge is -2.21. The summed E-state index contributed by atoms with van der Waals surface area (Å²) in [5.74, 6) is -1.78. The number of carbonyl (C=O) groups excluding carboxylic acids is 1. The van der Waals surface area contributed by atoms with Crippen LogP contribution in [0, 0.1) is 0 Å². The van der Waals surface area contributed by atoms with Crippen molar-refractivity contribution < 1.29 is 19.0 Å². The highest BCUT2D eigenvalue weighted by molar-refractivity contribution is 7.45. The molecule has 2 aromatic carbocycles. The van der Waals surface area contributed by atoms with Gasteiger partial charge in [0.2, 0.25) is 6.17 Å². The van der Waals surface area contributed by atoms with Gasteiger partial charge in [0.25, 0.3) is 5.91 Å². The third kappa shape index (κ3) is 4.60. The average molecular weight is 321 g/mol. The Balaban J connectivity index is 2.03. The van der Waals surface area contributed by atoms with Gasteiger partial charge in [-0.1, -0.05) is 60.7 Å². The van der Waals surface area contributed by atoms with Gasteiger partial charge in [-0.05, 0) is 11.1 Å². The summed E-state index contributed by atoms with van der Waals surface area (Å²) in [6, 6.07) is 17.1. The minimum absolute atomic E-state index is 0.229. The molecule has 1 amide bonds. The molecule has 116 valence electrons. The van der Waals surface area contributed by atoms with Crippen molar-refractivity contribution in [2.45, 2.75) is 18.4 Å². The Kier molecular flexibility index (Phi) is 6.01. The molecule has 0 aliphatic rings. The summed E-state index contributed by atoms with van der Waals surface area (Å²) in [6.07, 6.45) is -1.61. The summed E-state index contributed by atoms with van der Waals surface area (Å²) in [5.41, 5.74) is 1.07. The quantitative estimate of drug-likeness (QED) is 0.717. The van der Waals surface area contributed by atoms with Crippen molar-refractivity contribution in [3.63, 3.8) is 0 Å². The molecule has 0 aliphatic heterocycles. The lowest BCUT2D eigenvalue weighted by Crippen LogP contribution is -2.37. The molecule has 0 fully saturated rings. The lowest BCUT2D eigenvalue weighted by atomic mass is 10.1. The normalized spacial score (nSPS) is 13.6. The largest absolute Gasteiger partial charge is 0.349 e. The summed E-state index contributed by atoms with van der Waals surface area (Å²) in [7, 11) is -2.41. The minimum Gasteiger partial charge on any atom is -0.349 e. The molecule has 2 aromatic rings. The second-order valence-electron chi connectivity index (χ2n) is 4.81. The Hall–Kier alpha value is -1.81. The second-order valence-corrected chi connectivity index (χ2v) is 6.07. The molecule has 0 radical (unpaired) electrons. The molecule has 0 bridgehead atoms. The van der Waals surface area contributed by atoms with Gasteiger partial charge in [0.05, 0.1) is 0 Å². The molecule has 2 atom stereocenters. The van der Waals surface area contributed by atoms with Crippen molar-refractivity contribution in [3.8, 4) is 0 Å². The summed E-state index contributed by atoms with van der Waals surface area (Å²) >= 11 is 0. The van der Waals surface area contributed by atoms with Crippen LogP contribution in [-0.4, -0.2) is 21.5 Å². The molecule has 22 heavy (non-hydrogen) atoms. The molecule has 3 N–H and O–H groups in total. The Bertz CT molecular complexity index is 595. The van der Waals surface area contributed by atoms with E-state index in [1.165, 1.54) is 12.1 Å². The van der Waals surface area contributed by atoms with Gasteiger partial charge >= 0.3 is 0 Å².